The third-order valence-electron chi connectivity index (χ3n) is 8.33. The van der Waals surface area contributed by atoms with E-state index in [0.717, 1.165) is 69.3 Å². The number of nitrogens with zero attached hydrogens (tertiary/aromatic N) is 6. The zero-order valence-corrected chi connectivity index (χ0v) is 22.3. The number of allylic oxidation sites excluding steroid dienone is 1. The number of pyridine rings is 1. The van der Waals surface area contributed by atoms with Crippen LogP contribution in [0.25, 0.3) is 22.4 Å². The van der Waals surface area contributed by atoms with Gasteiger partial charge in [0.2, 0.25) is 0 Å². The fourth-order valence-electron chi connectivity index (χ4n) is 6.47. The normalized spacial score (nSPS) is 22.7. The summed E-state index contributed by atoms with van der Waals surface area (Å²) in [5.74, 6) is 1.47. The van der Waals surface area contributed by atoms with Crippen molar-refractivity contribution in [1.29, 1.82) is 0 Å². The quantitative estimate of drug-likeness (QED) is 0.314. The number of tetrazole rings is 1. The van der Waals surface area contributed by atoms with Gasteiger partial charge in [0, 0.05) is 57.1 Å². The second-order valence-electron chi connectivity index (χ2n) is 10.6. The van der Waals surface area contributed by atoms with Crippen molar-refractivity contribution in [2.45, 2.75) is 42.5 Å². The fourth-order valence-corrected chi connectivity index (χ4v) is 7.73. The van der Waals surface area contributed by atoms with Crippen LogP contribution in [0.5, 0.6) is 0 Å². The SMILES string of the molecule is O=c1cc(-c2cc(Cl)ccc2-n2cnnn2)cc2n1C(C1=NC=C(c3ccc4c(c3F)SCCC4)C1)C1CC21. The summed E-state index contributed by atoms with van der Waals surface area (Å²) in [6, 6.07) is 13.1. The maximum absolute atomic E-state index is 15.5. The minimum Gasteiger partial charge on any atom is -0.303 e. The van der Waals surface area contributed by atoms with E-state index in [1.54, 1.807) is 34.8 Å². The molecule has 1 aliphatic carbocycles. The minimum absolute atomic E-state index is 0.0742. The molecule has 0 saturated heterocycles. The first-order valence-corrected chi connectivity index (χ1v) is 14.4. The Morgan fingerprint density at radius 2 is 2.03 bits per heavy atom. The molecule has 2 aromatic heterocycles. The van der Waals surface area contributed by atoms with Crippen molar-refractivity contribution < 1.29 is 4.39 Å². The van der Waals surface area contributed by atoms with Gasteiger partial charge in [0.25, 0.3) is 5.56 Å². The number of hydrogen-bond acceptors (Lipinski definition) is 6. The number of aryl methyl sites for hydroxylation is 1. The third-order valence-corrected chi connectivity index (χ3v) is 9.79. The standard InChI is InChI=1S/C29H22ClFN6OS/c30-18-4-6-24(36-14-33-34-35-36)20(11-18)16-9-25-21-12-22(21)28(37(25)26(38)10-16)23-8-17(13-32-23)19-5-3-15-2-1-7-39-29(15)27(19)31/h3-6,9-11,13-14,21-22,28H,1-2,7-8,12H2. The second kappa shape index (κ2) is 8.72. The van der Waals surface area contributed by atoms with Crippen molar-refractivity contribution in [3.8, 4) is 16.8 Å². The molecule has 1 fully saturated rings. The van der Waals surface area contributed by atoms with Crippen LogP contribution in [0.4, 0.5) is 4.39 Å². The molecule has 3 atom stereocenters. The van der Waals surface area contributed by atoms with E-state index in [0.29, 0.717) is 28.8 Å². The minimum atomic E-state index is -0.127. The molecule has 4 aromatic rings. The molecule has 0 bridgehead atoms. The number of halogens is 2. The first kappa shape index (κ1) is 23.3. The number of thioether (sulfide) groups is 1. The third kappa shape index (κ3) is 3.67. The van der Waals surface area contributed by atoms with Gasteiger partial charge < -0.3 is 4.57 Å². The van der Waals surface area contributed by atoms with E-state index < -0.39 is 0 Å². The molecule has 5 heterocycles. The van der Waals surface area contributed by atoms with E-state index in [4.69, 9.17) is 16.6 Å². The summed E-state index contributed by atoms with van der Waals surface area (Å²) >= 11 is 7.96. The van der Waals surface area contributed by atoms with Gasteiger partial charge >= 0.3 is 0 Å². The van der Waals surface area contributed by atoms with Gasteiger partial charge in [-0.2, -0.15) is 4.68 Å². The van der Waals surface area contributed by atoms with Crippen LogP contribution >= 0.6 is 23.4 Å². The van der Waals surface area contributed by atoms with Gasteiger partial charge in [-0.25, -0.2) is 4.39 Å². The van der Waals surface area contributed by atoms with Gasteiger partial charge in [-0.15, -0.1) is 16.9 Å². The van der Waals surface area contributed by atoms with Crippen LogP contribution in [0.3, 0.4) is 0 Å². The van der Waals surface area contributed by atoms with E-state index in [1.165, 1.54) is 6.33 Å². The summed E-state index contributed by atoms with van der Waals surface area (Å²) in [7, 11) is 0. The summed E-state index contributed by atoms with van der Waals surface area (Å²) in [6.07, 6.45) is 6.91. The molecule has 10 heteroatoms. The Bertz CT molecular complexity index is 1800. The Hall–Kier alpha value is -3.56. The van der Waals surface area contributed by atoms with Gasteiger partial charge in [0.1, 0.15) is 12.1 Å². The maximum atomic E-state index is 15.5. The molecule has 4 aliphatic rings. The summed E-state index contributed by atoms with van der Waals surface area (Å²) < 4.78 is 18.9. The first-order valence-electron chi connectivity index (χ1n) is 13.1. The highest BCUT2D eigenvalue weighted by molar-refractivity contribution is 7.99. The molecule has 8 rings (SSSR count). The van der Waals surface area contributed by atoms with E-state index in [9.17, 15) is 4.79 Å². The predicted octanol–water partition coefficient (Wildman–Crippen LogP) is 5.87. The molecular formula is C29H22ClFN6OS. The van der Waals surface area contributed by atoms with Crippen LogP contribution in [-0.2, 0) is 6.42 Å². The summed E-state index contributed by atoms with van der Waals surface area (Å²) in [5.41, 5.74) is 6.82. The highest BCUT2D eigenvalue weighted by atomic mass is 35.5. The Morgan fingerprint density at radius 1 is 1.10 bits per heavy atom. The molecule has 0 amide bonds. The molecule has 2 aromatic carbocycles. The zero-order valence-electron chi connectivity index (χ0n) is 20.7. The van der Waals surface area contributed by atoms with Gasteiger partial charge in [-0.05, 0) is 82.3 Å². The second-order valence-corrected chi connectivity index (χ2v) is 12.1. The fraction of sp³-hybridized carbons (Fsp3) is 0.276. The molecular weight excluding hydrogens is 535 g/mol. The van der Waals surface area contributed by atoms with Crippen LogP contribution in [0.15, 0.2) is 69.7 Å². The first-order chi connectivity index (χ1) is 19.1. The molecule has 0 N–H and O–H groups in total. The number of hydrogen-bond donors (Lipinski definition) is 0. The van der Waals surface area contributed by atoms with Crippen molar-refractivity contribution in [1.82, 2.24) is 24.8 Å². The zero-order chi connectivity index (χ0) is 26.2. The Morgan fingerprint density at radius 3 is 2.90 bits per heavy atom. The molecule has 7 nitrogen and oxygen atoms in total. The van der Waals surface area contributed by atoms with Crippen LogP contribution < -0.4 is 5.56 Å². The molecule has 3 aliphatic heterocycles. The molecule has 39 heavy (non-hydrogen) atoms. The predicted molar refractivity (Wildman–Crippen MR) is 149 cm³/mol. The number of rotatable bonds is 4. The van der Waals surface area contributed by atoms with Gasteiger partial charge in [-0.1, -0.05) is 23.7 Å². The van der Waals surface area contributed by atoms with Crippen molar-refractivity contribution in [3.63, 3.8) is 0 Å². The van der Waals surface area contributed by atoms with Gasteiger partial charge in [0.05, 0.1) is 11.7 Å². The molecule has 0 spiro atoms. The van der Waals surface area contributed by atoms with E-state index in [2.05, 4.69) is 27.7 Å². The Balaban J connectivity index is 1.13. The molecule has 194 valence electrons. The van der Waals surface area contributed by atoms with E-state index in [-0.39, 0.29) is 17.4 Å². The Labute approximate surface area is 232 Å². The van der Waals surface area contributed by atoms with Crippen molar-refractivity contribution >= 4 is 34.6 Å². The summed E-state index contributed by atoms with van der Waals surface area (Å²) in [5, 5.41) is 12.1. The van der Waals surface area contributed by atoms with Crippen LogP contribution in [0, 0.1) is 11.7 Å². The highest BCUT2D eigenvalue weighted by Crippen LogP contribution is 2.60. The lowest BCUT2D eigenvalue weighted by Crippen LogP contribution is -2.29. The average Bonchev–Trinajstić information content (AvgIpc) is 3.28. The van der Waals surface area contributed by atoms with Crippen LogP contribution in [-0.4, -0.2) is 36.2 Å². The van der Waals surface area contributed by atoms with Crippen LogP contribution in [0.2, 0.25) is 5.02 Å². The van der Waals surface area contributed by atoms with Crippen LogP contribution in [0.1, 0.15) is 48.0 Å². The topological polar surface area (TPSA) is 78.0 Å². The summed E-state index contributed by atoms with van der Waals surface area (Å²) in [4.78, 5) is 19.2. The Kier molecular flexibility index (Phi) is 5.22. The summed E-state index contributed by atoms with van der Waals surface area (Å²) in [6.45, 7) is 0. The number of fused-ring (bicyclic) bond motifs is 4. The van der Waals surface area contributed by atoms with Crippen molar-refractivity contribution in [3.05, 3.63) is 93.0 Å². The average molecular weight is 557 g/mol. The highest BCUT2D eigenvalue weighted by Gasteiger charge is 2.54. The molecule has 1 saturated carbocycles. The van der Waals surface area contributed by atoms with E-state index >= 15 is 4.39 Å². The lowest BCUT2D eigenvalue weighted by Gasteiger charge is -2.21. The monoisotopic (exact) mass is 556 g/mol. The van der Waals surface area contributed by atoms with Gasteiger partial charge in [-0.3, -0.25) is 9.79 Å². The molecule has 3 unspecified atom stereocenters. The van der Waals surface area contributed by atoms with Gasteiger partial charge in [0.15, 0.2) is 0 Å². The lowest BCUT2D eigenvalue weighted by atomic mass is 9.96. The number of aromatic nitrogens is 5. The molecule has 0 radical (unpaired) electrons. The number of aliphatic imine (C=N–C) groups is 1. The van der Waals surface area contributed by atoms with E-state index in [1.807, 2.05) is 22.8 Å². The smallest absolute Gasteiger partial charge is 0.251 e. The number of benzene rings is 2. The maximum Gasteiger partial charge on any atom is 0.251 e. The van der Waals surface area contributed by atoms with Crippen molar-refractivity contribution in [2.24, 2.45) is 10.9 Å². The van der Waals surface area contributed by atoms with Crippen molar-refractivity contribution in [2.75, 3.05) is 5.75 Å². The largest absolute Gasteiger partial charge is 0.303 e. The lowest BCUT2D eigenvalue weighted by molar-refractivity contribution is 0.582.